The number of hydrogen-bond donors (Lipinski definition) is 1. The molecular formula is C26H28N2O5. The summed E-state index contributed by atoms with van der Waals surface area (Å²) in [6.07, 6.45) is 2.43. The van der Waals surface area contributed by atoms with Crippen LogP contribution in [0, 0.1) is 17.8 Å². The molecule has 7 nitrogen and oxygen atoms in total. The van der Waals surface area contributed by atoms with Crippen LogP contribution in [0.25, 0.3) is 0 Å². The highest BCUT2D eigenvalue weighted by Crippen LogP contribution is 2.42. The standard InChI is InChI=1S/C26H28N2O5/c1-16-8-13-21-22(14-16)25(31)28(24(21)30)20-11-9-19(10-12-20)26(32)33-15-23(29)27-17(2)18-6-4-3-5-7-18/h3-7,9-12,16-17,21-22H,8,13-15H2,1-2H3,(H,27,29)/t16-,17+,21+,22+/m1/s1. The molecule has 1 saturated heterocycles. The molecule has 0 bridgehead atoms. The third-order valence-electron chi connectivity index (χ3n) is 6.56. The highest BCUT2D eigenvalue weighted by Gasteiger charge is 2.49. The van der Waals surface area contributed by atoms with Crippen LogP contribution in [-0.2, 0) is 19.1 Å². The fourth-order valence-electron chi connectivity index (χ4n) is 4.71. The van der Waals surface area contributed by atoms with E-state index >= 15 is 0 Å². The van der Waals surface area contributed by atoms with Crippen LogP contribution in [0.5, 0.6) is 0 Å². The normalized spacial score (nSPS) is 23.1. The van der Waals surface area contributed by atoms with E-state index in [9.17, 15) is 19.2 Å². The average Bonchev–Trinajstić information content (AvgIpc) is 3.07. The lowest BCUT2D eigenvalue weighted by Crippen LogP contribution is -2.31. The monoisotopic (exact) mass is 448 g/mol. The summed E-state index contributed by atoms with van der Waals surface area (Å²) in [4.78, 5) is 51.4. The largest absolute Gasteiger partial charge is 0.452 e. The van der Waals surface area contributed by atoms with Gasteiger partial charge >= 0.3 is 5.97 Å². The SMILES string of the molecule is C[C@@H]1CC[C@@H]2C(=O)N(c3ccc(C(=O)OCC(=O)N[C@@H](C)c4ccccc4)cc3)C(=O)[C@H]2C1. The maximum atomic E-state index is 12.9. The Labute approximate surface area is 193 Å². The molecule has 1 aliphatic heterocycles. The summed E-state index contributed by atoms with van der Waals surface area (Å²) in [6, 6.07) is 15.4. The van der Waals surface area contributed by atoms with E-state index < -0.39 is 18.5 Å². The van der Waals surface area contributed by atoms with Gasteiger partial charge in [0.25, 0.3) is 5.91 Å². The molecule has 3 amide bonds. The highest BCUT2D eigenvalue weighted by atomic mass is 16.5. The Morgan fingerprint density at radius 3 is 2.36 bits per heavy atom. The molecule has 4 rings (SSSR count). The van der Waals surface area contributed by atoms with Crippen molar-refractivity contribution < 1.29 is 23.9 Å². The first-order valence-corrected chi connectivity index (χ1v) is 11.3. The predicted molar refractivity (Wildman–Crippen MR) is 122 cm³/mol. The molecule has 7 heteroatoms. The van der Waals surface area contributed by atoms with Gasteiger partial charge in [0.1, 0.15) is 0 Å². The fourth-order valence-corrected chi connectivity index (χ4v) is 4.71. The predicted octanol–water partition coefficient (Wildman–Crippen LogP) is 3.65. The Kier molecular flexibility index (Phi) is 6.58. The summed E-state index contributed by atoms with van der Waals surface area (Å²) in [5.41, 5.74) is 1.65. The maximum Gasteiger partial charge on any atom is 0.338 e. The van der Waals surface area contributed by atoms with Gasteiger partial charge in [-0.15, -0.1) is 0 Å². The summed E-state index contributed by atoms with van der Waals surface area (Å²) in [7, 11) is 0. The molecule has 4 atom stereocenters. The van der Waals surface area contributed by atoms with Gasteiger partial charge in [-0.1, -0.05) is 37.3 Å². The Morgan fingerprint density at radius 1 is 1.00 bits per heavy atom. The Morgan fingerprint density at radius 2 is 1.67 bits per heavy atom. The van der Waals surface area contributed by atoms with Crippen molar-refractivity contribution in [2.24, 2.45) is 17.8 Å². The molecule has 1 saturated carbocycles. The first kappa shape index (κ1) is 22.7. The number of ether oxygens (including phenoxy) is 1. The minimum Gasteiger partial charge on any atom is -0.452 e. The molecule has 1 aliphatic carbocycles. The smallest absolute Gasteiger partial charge is 0.338 e. The molecule has 1 heterocycles. The quantitative estimate of drug-likeness (QED) is 0.538. The zero-order chi connectivity index (χ0) is 23.5. The van der Waals surface area contributed by atoms with E-state index in [0.29, 0.717) is 11.6 Å². The summed E-state index contributed by atoms with van der Waals surface area (Å²) < 4.78 is 5.12. The van der Waals surface area contributed by atoms with Crippen LogP contribution in [0.4, 0.5) is 5.69 Å². The highest BCUT2D eigenvalue weighted by molar-refractivity contribution is 6.22. The van der Waals surface area contributed by atoms with Crippen molar-refractivity contribution >= 4 is 29.4 Å². The lowest BCUT2D eigenvalue weighted by atomic mass is 9.76. The van der Waals surface area contributed by atoms with Gasteiger partial charge in [0.15, 0.2) is 6.61 Å². The molecule has 0 radical (unpaired) electrons. The van der Waals surface area contributed by atoms with E-state index in [-0.39, 0.29) is 35.3 Å². The van der Waals surface area contributed by atoms with Crippen molar-refractivity contribution in [2.75, 3.05) is 11.5 Å². The molecular weight excluding hydrogens is 420 g/mol. The van der Waals surface area contributed by atoms with Crippen molar-refractivity contribution in [2.45, 2.75) is 39.2 Å². The van der Waals surface area contributed by atoms with Crippen LogP contribution in [0.2, 0.25) is 0 Å². The molecule has 2 aromatic rings. The first-order valence-electron chi connectivity index (χ1n) is 11.3. The Balaban J connectivity index is 1.33. The van der Waals surface area contributed by atoms with Crippen LogP contribution in [0.3, 0.4) is 0 Å². The van der Waals surface area contributed by atoms with Crippen molar-refractivity contribution in [1.82, 2.24) is 5.32 Å². The molecule has 33 heavy (non-hydrogen) atoms. The minimum atomic E-state index is -0.648. The molecule has 0 spiro atoms. The van der Waals surface area contributed by atoms with Crippen LogP contribution in [-0.4, -0.2) is 30.3 Å². The van der Waals surface area contributed by atoms with Gasteiger partial charge in [-0.25, -0.2) is 4.79 Å². The summed E-state index contributed by atoms with van der Waals surface area (Å²) >= 11 is 0. The van der Waals surface area contributed by atoms with Crippen molar-refractivity contribution in [3.8, 4) is 0 Å². The number of imide groups is 1. The number of nitrogens with one attached hydrogen (secondary N) is 1. The molecule has 172 valence electrons. The van der Waals surface area contributed by atoms with Gasteiger partial charge in [0.05, 0.1) is 29.1 Å². The first-order chi connectivity index (χ1) is 15.8. The number of benzene rings is 2. The number of amides is 3. The fraction of sp³-hybridized carbons (Fsp3) is 0.385. The number of nitrogens with zero attached hydrogens (tertiary/aromatic N) is 1. The second kappa shape index (κ2) is 9.57. The van der Waals surface area contributed by atoms with Gasteiger partial charge in [-0.2, -0.15) is 0 Å². The van der Waals surface area contributed by atoms with Crippen molar-refractivity contribution in [3.05, 3.63) is 65.7 Å². The molecule has 0 unspecified atom stereocenters. The van der Waals surface area contributed by atoms with Gasteiger partial charge in [-0.3, -0.25) is 19.3 Å². The van der Waals surface area contributed by atoms with Gasteiger partial charge in [0, 0.05) is 0 Å². The third kappa shape index (κ3) is 4.82. The second-order valence-electron chi connectivity index (χ2n) is 8.97. The van der Waals surface area contributed by atoms with E-state index in [1.165, 1.54) is 17.0 Å². The Bertz CT molecular complexity index is 1050. The van der Waals surface area contributed by atoms with Crippen LogP contribution >= 0.6 is 0 Å². The lowest BCUT2D eigenvalue weighted by molar-refractivity contribution is -0.125. The van der Waals surface area contributed by atoms with E-state index in [0.717, 1.165) is 24.8 Å². The topological polar surface area (TPSA) is 92.8 Å². The number of anilines is 1. The maximum absolute atomic E-state index is 12.9. The number of hydrogen-bond acceptors (Lipinski definition) is 5. The van der Waals surface area contributed by atoms with Crippen LogP contribution in [0.15, 0.2) is 54.6 Å². The van der Waals surface area contributed by atoms with Crippen LogP contribution < -0.4 is 10.2 Å². The van der Waals surface area contributed by atoms with Crippen molar-refractivity contribution in [3.63, 3.8) is 0 Å². The molecule has 2 fully saturated rings. The molecule has 0 aromatic heterocycles. The van der Waals surface area contributed by atoms with E-state index in [4.69, 9.17) is 4.74 Å². The number of rotatable bonds is 6. The number of carbonyl (C=O) groups excluding carboxylic acids is 4. The van der Waals surface area contributed by atoms with Crippen LogP contribution in [0.1, 0.15) is 55.1 Å². The summed E-state index contributed by atoms with van der Waals surface area (Å²) in [5.74, 6) is -1.41. The van der Waals surface area contributed by atoms with E-state index in [2.05, 4.69) is 12.2 Å². The average molecular weight is 449 g/mol. The number of fused-ring (bicyclic) bond motifs is 1. The third-order valence-corrected chi connectivity index (χ3v) is 6.56. The zero-order valence-electron chi connectivity index (χ0n) is 18.8. The van der Waals surface area contributed by atoms with Gasteiger partial charge < -0.3 is 10.1 Å². The zero-order valence-corrected chi connectivity index (χ0v) is 18.8. The molecule has 2 aromatic carbocycles. The Hall–Kier alpha value is -3.48. The van der Waals surface area contributed by atoms with Gasteiger partial charge in [-0.05, 0) is 61.9 Å². The minimum absolute atomic E-state index is 0.156. The molecule has 2 aliphatic rings. The summed E-state index contributed by atoms with van der Waals surface area (Å²) in [5, 5.41) is 2.79. The van der Waals surface area contributed by atoms with Gasteiger partial charge in [0.2, 0.25) is 11.8 Å². The number of carbonyl (C=O) groups is 4. The molecule has 1 N–H and O–H groups in total. The van der Waals surface area contributed by atoms with E-state index in [1.807, 2.05) is 37.3 Å². The summed E-state index contributed by atoms with van der Waals surface area (Å²) in [6.45, 7) is 3.56. The van der Waals surface area contributed by atoms with E-state index in [1.54, 1.807) is 12.1 Å². The number of esters is 1. The lowest BCUT2D eigenvalue weighted by Gasteiger charge is -2.25. The van der Waals surface area contributed by atoms with Crippen molar-refractivity contribution in [1.29, 1.82) is 0 Å². The second-order valence-corrected chi connectivity index (χ2v) is 8.97.